The highest BCUT2D eigenvalue weighted by Crippen LogP contribution is 2.33. The SMILES string of the molecule is CCOC(=O)C1=C(C)N=c2s/c(=C\c3ccc(-c4ccc(C)cc4[N+](=O)[O-])o3)c(=O)n2[C@H]1c1ccc(SC)cc1. The highest BCUT2D eigenvalue weighted by Gasteiger charge is 2.33. The molecule has 0 spiro atoms. The van der Waals surface area contributed by atoms with Crippen molar-refractivity contribution in [3.8, 4) is 11.3 Å². The van der Waals surface area contributed by atoms with Gasteiger partial charge in [0, 0.05) is 17.0 Å². The Hall–Kier alpha value is -4.22. The number of thioether (sulfide) groups is 1. The van der Waals surface area contributed by atoms with E-state index in [0.29, 0.717) is 37.7 Å². The molecular weight excluding hydrogens is 550 g/mol. The molecule has 11 heteroatoms. The second kappa shape index (κ2) is 11.1. The summed E-state index contributed by atoms with van der Waals surface area (Å²) < 4.78 is 13.1. The summed E-state index contributed by atoms with van der Waals surface area (Å²) in [5.74, 6) is 0.155. The standard InChI is InChI=1S/C29H25N3O6S2/c1-5-37-28(34)25-17(3)30-29-31(26(25)18-7-10-20(39-4)11-8-18)27(33)24(40-29)15-19-9-13-23(38-19)21-12-6-16(2)14-22(21)32(35)36/h6-15,26H,5H2,1-4H3/b24-15-/t26-/m0/s1. The van der Waals surface area contributed by atoms with E-state index in [-0.39, 0.29) is 17.9 Å². The van der Waals surface area contributed by atoms with Crippen LogP contribution in [0.5, 0.6) is 0 Å². The van der Waals surface area contributed by atoms with Gasteiger partial charge in [-0.2, -0.15) is 0 Å². The predicted molar refractivity (Wildman–Crippen MR) is 154 cm³/mol. The molecule has 2 aromatic heterocycles. The van der Waals surface area contributed by atoms with Gasteiger partial charge in [0.25, 0.3) is 11.2 Å². The van der Waals surface area contributed by atoms with Gasteiger partial charge >= 0.3 is 5.97 Å². The molecule has 0 unspecified atom stereocenters. The molecule has 1 aliphatic heterocycles. The molecule has 0 aliphatic carbocycles. The summed E-state index contributed by atoms with van der Waals surface area (Å²) in [5.41, 5.74) is 2.26. The molecule has 0 saturated heterocycles. The summed E-state index contributed by atoms with van der Waals surface area (Å²) in [6.45, 7) is 5.44. The third kappa shape index (κ3) is 5.05. The van der Waals surface area contributed by atoms with Crippen molar-refractivity contribution in [3.63, 3.8) is 0 Å². The number of benzene rings is 2. The van der Waals surface area contributed by atoms with E-state index < -0.39 is 16.9 Å². The van der Waals surface area contributed by atoms with Crippen molar-refractivity contribution in [1.29, 1.82) is 0 Å². The zero-order valence-electron chi connectivity index (χ0n) is 22.2. The van der Waals surface area contributed by atoms with E-state index in [2.05, 4.69) is 4.99 Å². The van der Waals surface area contributed by atoms with E-state index in [4.69, 9.17) is 9.15 Å². The monoisotopic (exact) mass is 575 g/mol. The molecule has 40 heavy (non-hydrogen) atoms. The van der Waals surface area contributed by atoms with Crippen molar-refractivity contribution in [3.05, 3.63) is 113 Å². The van der Waals surface area contributed by atoms with Gasteiger partial charge in [-0.1, -0.05) is 29.5 Å². The molecule has 9 nitrogen and oxygen atoms in total. The Morgan fingerprint density at radius 1 is 1.20 bits per heavy atom. The largest absolute Gasteiger partial charge is 0.463 e. The van der Waals surface area contributed by atoms with Gasteiger partial charge in [0.1, 0.15) is 11.5 Å². The third-order valence-electron chi connectivity index (χ3n) is 6.46. The second-order valence-electron chi connectivity index (χ2n) is 9.06. The van der Waals surface area contributed by atoms with Crippen LogP contribution in [-0.2, 0) is 9.53 Å². The molecule has 0 bridgehead atoms. The number of fused-ring (bicyclic) bond motifs is 1. The Morgan fingerprint density at radius 2 is 1.95 bits per heavy atom. The van der Waals surface area contributed by atoms with Crippen LogP contribution in [0.4, 0.5) is 5.69 Å². The maximum atomic E-state index is 13.8. The lowest BCUT2D eigenvalue weighted by Crippen LogP contribution is -2.39. The normalized spacial score (nSPS) is 15.1. The van der Waals surface area contributed by atoms with E-state index in [1.165, 1.54) is 22.0 Å². The number of nitrogens with zero attached hydrogens (tertiary/aromatic N) is 3. The van der Waals surface area contributed by atoms with Crippen molar-refractivity contribution >= 4 is 40.8 Å². The molecule has 0 N–H and O–H groups in total. The number of carbonyl (C=O) groups is 1. The highest BCUT2D eigenvalue weighted by molar-refractivity contribution is 7.98. The first-order valence-electron chi connectivity index (χ1n) is 12.4. The number of aromatic nitrogens is 1. The Labute approximate surface area is 237 Å². The fourth-order valence-corrected chi connectivity index (χ4v) is 6.03. The number of aryl methyl sites for hydroxylation is 1. The molecule has 1 atom stereocenters. The lowest BCUT2D eigenvalue weighted by Gasteiger charge is -2.24. The Bertz CT molecular complexity index is 1850. The first-order chi connectivity index (χ1) is 19.2. The smallest absolute Gasteiger partial charge is 0.338 e. The Kier molecular flexibility index (Phi) is 7.59. The van der Waals surface area contributed by atoms with Crippen LogP contribution in [0.25, 0.3) is 17.4 Å². The van der Waals surface area contributed by atoms with Gasteiger partial charge in [0.05, 0.1) is 38.9 Å². The van der Waals surface area contributed by atoms with Crippen molar-refractivity contribution in [2.24, 2.45) is 4.99 Å². The maximum Gasteiger partial charge on any atom is 0.338 e. The third-order valence-corrected chi connectivity index (χ3v) is 8.19. The van der Waals surface area contributed by atoms with Crippen LogP contribution in [0.2, 0.25) is 0 Å². The number of nitro groups is 1. The molecule has 0 fully saturated rings. The zero-order valence-corrected chi connectivity index (χ0v) is 23.8. The molecular formula is C29H25N3O6S2. The predicted octanol–water partition coefficient (Wildman–Crippen LogP) is 5.00. The van der Waals surface area contributed by atoms with Gasteiger partial charge < -0.3 is 9.15 Å². The number of esters is 1. The first-order valence-corrected chi connectivity index (χ1v) is 14.4. The number of ether oxygens (including phenoxy) is 1. The number of allylic oxidation sites excluding steroid dienone is 1. The number of rotatable bonds is 7. The van der Waals surface area contributed by atoms with E-state index in [1.807, 2.05) is 30.5 Å². The molecule has 0 saturated carbocycles. The molecule has 1 aliphatic rings. The molecule has 5 rings (SSSR count). The van der Waals surface area contributed by atoms with E-state index >= 15 is 0 Å². The summed E-state index contributed by atoms with van der Waals surface area (Å²) in [5, 5.41) is 11.6. The van der Waals surface area contributed by atoms with Gasteiger partial charge in [-0.25, -0.2) is 9.79 Å². The summed E-state index contributed by atoms with van der Waals surface area (Å²) in [7, 11) is 0. The number of nitro benzene ring substituents is 1. The quantitative estimate of drug-likeness (QED) is 0.132. The van der Waals surface area contributed by atoms with E-state index in [0.717, 1.165) is 16.0 Å². The first kappa shape index (κ1) is 27.4. The average molecular weight is 576 g/mol. The van der Waals surface area contributed by atoms with Crippen LogP contribution in [0.3, 0.4) is 0 Å². The van der Waals surface area contributed by atoms with Gasteiger partial charge in [0.15, 0.2) is 4.80 Å². The molecule has 4 aromatic rings. The molecule has 204 valence electrons. The number of furan rings is 1. The lowest BCUT2D eigenvalue weighted by atomic mass is 9.96. The van der Waals surface area contributed by atoms with Crippen LogP contribution in [0.1, 0.15) is 36.8 Å². The maximum absolute atomic E-state index is 13.8. The second-order valence-corrected chi connectivity index (χ2v) is 10.9. The summed E-state index contributed by atoms with van der Waals surface area (Å²) in [4.78, 5) is 44.1. The Balaban J connectivity index is 1.63. The zero-order chi connectivity index (χ0) is 28.6. The van der Waals surface area contributed by atoms with Gasteiger partial charge in [-0.15, -0.1) is 11.8 Å². The van der Waals surface area contributed by atoms with E-state index in [1.54, 1.807) is 62.9 Å². The van der Waals surface area contributed by atoms with Crippen molar-refractivity contribution in [2.45, 2.75) is 31.7 Å². The van der Waals surface area contributed by atoms with E-state index in [9.17, 15) is 19.7 Å². The van der Waals surface area contributed by atoms with Crippen LogP contribution < -0.4 is 14.9 Å². The van der Waals surface area contributed by atoms with Crippen molar-refractivity contribution < 1.29 is 18.9 Å². The summed E-state index contributed by atoms with van der Waals surface area (Å²) in [6, 6.07) is 15.2. The number of hydrogen-bond donors (Lipinski definition) is 0. The van der Waals surface area contributed by atoms with Gasteiger partial charge in [-0.3, -0.25) is 19.5 Å². The summed E-state index contributed by atoms with van der Waals surface area (Å²) >= 11 is 2.77. The average Bonchev–Trinajstić information content (AvgIpc) is 3.52. The molecule has 2 aromatic carbocycles. The van der Waals surface area contributed by atoms with Crippen molar-refractivity contribution in [2.75, 3.05) is 12.9 Å². The summed E-state index contributed by atoms with van der Waals surface area (Å²) in [6.07, 6.45) is 3.56. The minimum absolute atomic E-state index is 0.0604. The minimum atomic E-state index is -0.712. The number of carbonyl (C=O) groups excluding carboxylic acids is 1. The Morgan fingerprint density at radius 3 is 2.62 bits per heavy atom. The molecule has 0 amide bonds. The highest BCUT2D eigenvalue weighted by atomic mass is 32.2. The lowest BCUT2D eigenvalue weighted by molar-refractivity contribution is -0.384. The van der Waals surface area contributed by atoms with Crippen LogP contribution in [0.15, 0.2) is 85.0 Å². The topological polar surface area (TPSA) is 117 Å². The fraction of sp³-hybridized carbons (Fsp3) is 0.207. The molecule has 3 heterocycles. The van der Waals surface area contributed by atoms with Gasteiger partial charge in [0.2, 0.25) is 0 Å². The van der Waals surface area contributed by atoms with Crippen LogP contribution in [0, 0.1) is 17.0 Å². The minimum Gasteiger partial charge on any atom is -0.463 e. The number of thiazole rings is 1. The fourth-order valence-electron chi connectivity index (χ4n) is 4.60. The van der Waals surface area contributed by atoms with Crippen LogP contribution in [-0.4, -0.2) is 28.3 Å². The van der Waals surface area contributed by atoms with Crippen LogP contribution >= 0.6 is 23.1 Å². The van der Waals surface area contributed by atoms with Gasteiger partial charge in [-0.05, 0) is 68.5 Å². The number of hydrogen-bond acceptors (Lipinski definition) is 9. The van der Waals surface area contributed by atoms with Crippen molar-refractivity contribution in [1.82, 2.24) is 4.57 Å². The molecule has 0 radical (unpaired) electrons.